The molecule has 2 saturated heterocycles. The van der Waals surface area contributed by atoms with Gasteiger partial charge in [-0.05, 0) is 50.5 Å². The molecular formula is C27H26N6O3S2. The van der Waals surface area contributed by atoms with Crippen molar-refractivity contribution < 1.29 is 4.79 Å². The Hall–Kier alpha value is -3.88. The van der Waals surface area contributed by atoms with E-state index in [1.165, 1.54) is 14.1 Å². The molecule has 0 saturated carbocycles. The highest BCUT2D eigenvalue weighted by atomic mass is 32.2. The maximum atomic E-state index is 13.8. The van der Waals surface area contributed by atoms with Gasteiger partial charge in [-0.2, -0.15) is 5.26 Å². The number of amides is 1. The van der Waals surface area contributed by atoms with Crippen molar-refractivity contribution in [1.29, 1.82) is 5.26 Å². The second-order valence-corrected chi connectivity index (χ2v) is 11.0. The van der Waals surface area contributed by atoms with Gasteiger partial charge in [-0.1, -0.05) is 42.2 Å². The Balaban J connectivity index is 1.65. The van der Waals surface area contributed by atoms with Gasteiger partial charge in [0.05, 0.1) is 16.3 Å². The van der Waals surface area contributed by atoms with Crippen LogP contribution >= 0.6 is 24.0 Å². The van der Waals surface area contributed by atoms with Crippen LogP contribution in [0.25, 0.3) is 11.8 Å². The first-order chi connectivity index (χ1) is 18.2. The van der Waals surface area contributed by atoms with Crippen LogP contribution in [0.4, 0.5) is 11.5 Å². The van der Waals surface area contributed by atoms with Crippen LogP contribution in [0.15, 0.2) is 44.8 Å². The summed E-state index contributed by atoms with van der Waals surface area (Å²) in [4.78, 5) is 44.0. The third-order valence-electron chi connectivity index (χ3n) is 7.19. The zero-order valence-corrected chi connectivity index (χ0v) is 23.2. The van der Waals surface area contributed by atoms with E-state index in [4.69, 9.17) is 12.2 Å². The maximum absolute atomic E-state index is 13.8. The topological polar surface area (TPSA) is 96.3 Å². The van der Waals surface area contributed by atoms with Gasteiger partial charge in [-0.25, -0.2) is 4.68 Å². The summed E-state index contributed by atoms with van der Waals surface area (Å²) in [7, 11) is 3.42. The molecule has 0 radical (unpaired) electrons. The zero-order valence-electron chi connectivity index (χ0n) is 21.5. The molecule has 0 N–H and O–H groups in total. The standard InChI is InChI=1S/C27H26N6O3S2/c1-16-19(23(31-12-8-9-13-31)29(3)24(34)20(16)15-28)14-21-25(35)32(27(37)38-21)22-17(2)30(4)33(26(22)36)18-10-6-5-7-11-18/h5-7,10-11,14H,8-9,12-13H2,1-4H3. The number of thioether (sulfide) groups is 1. The molecule has 9 nitrogen and oxygen atoms in total. The van der Waals surface area contributed by atoms with Crippen molar-refractivity contribution in [2.24, 2.45) is 14.1 Å². The van der Waals surface area contributed by atoms with Crippen LogP contribution in [-0.2, 0) is 18.9 Å². The Morgan fingerprint density at radius 2 is 1.68 bits per heavy atom. The van der Waals surface area contributed by atoms with E-state index < -0.39 is 5.91 Å². The van der Waals surface area contributed by atoms with Gasteiger partial charge in [0.2, 0.25) is 0 Å². The first-order valence-corrected chi connectivity index (χ1v) is 13.4. The second-order valence-electron chi connectivity index (χ2n) is 9.33. The summed E-state index contributed by atoms with van der Waals surface area (Å²) in [6.45, 7) is 5.07. The van der Waals surface area contributed by atoms with E-state index in [1.54, 1.807) is 38.7 Å². The van der Waals surface area contributed by atoms with Gasteiger partial charge in [0.25, 0.3) is 17.0 Å². The maximum Gasteiger partial charge on any atom is 0.296 e. The number of para-hydroxylation sites is 1. The first-order valence-electron chi connectivity index (χ1n) is 12.2. The van der Waals surface area contributed by atoms with Crippen LogP contribution in [0, 0.1) is 25.2 Å². The molecule has 0 bridgehead atoms. The first kappa shape index (κ1) is 25.8. The van der Waals surface area contributed by atoms with E-state index in [1.807, 2.05) is 36.4 Å². The number of anilines is 2. The molecule has 0 unspecified atom stereocenters. The molecule has 0 atom stereocenters. The number of hydrogen-bond donors (Lipinski definition) is 0. The molecule has 1 amide bonds. The molecule has 0 spiro atoms. The number of nitriles is 1. The molecule has 2 aliphatic heterocycles. The Kier molecular flexibility index (Phi) is 6.63. The van der Waals surface area contributed by atoms with Crippen molar-refractivity contribution in [2.45, 2.75) is 26.7 Å². The molecule has 2 fully saturated rings. The molecule has 4 heterocycles. The van der Waals surface area contributed by atoms with Crippen molar-refractivity contribution in [2.75, 3.05) is 22.9 Å². The number of carbonyl (C=O) groups excluding carboxylic acids is 1. The van der Waals surface area contributed by atoms with Crippen LogP contribution in [0.2, 0.25) is 0 Å². The molecule has 2 aliphatic rings. The summed E-state index contributed by atoms with van der Waals surface area (Å²) in [5.74, 6) is 0.265. The molecule has 0 aliphatic carbocycles. The lowest BCUT2D eigenvalue weighted by Gasteiger charge is -2.25. The summed E-state index contributed by atoms with van der Waals surface area (Å²) in [5.41, 5.74) is 1.96. The Morgan fingerprint density at radius 3 is 2.32 bits per heavy atom. The fourth-order valence-electron chi connectivity index (χ4n) is 5.13. The van der Waals surface area contributed by atoms with Crippen molar-refractivity contribution in [1.82, 2.24) is 13.9 Å². The molecule has 1 aromatic carbocycles. The van der Waals surface area contributed by atoms with Crippen LogP contribution in [0.5, 0.6) is 0 Å². The lowest BCUT2D eigenvalue weighted by molar-refractivity contribution is -0.113. The predicted octanol–water partition coefficient (Wildman–Crippen LogP) is 3.37. The monoisotopic (exact) mass is 546 g/mol. The number of carbonyl (C=O) groups is 1. The summed E-state index contributed by atoms with van der Waals surface area (Å²) in [6.07, 6.45) is 3.70. The molecule has 11 heteroatoms. The van der Waals surface area contributed by atoms with Gasteiger partial charge < -0.3 is 4.90 Å². The number of aromatic nitrogens is 3. The fourth-order valence-corrected chi connectivity index (χ4v) is 6.38. The summed E-state index contributed by atoms with van der Waals surface area (Å²) >= 11 is 6.71. The number of nitrogens with zero attached hydrogens (tertiary/aromatic N) is 6. The number of thiocarbonyl (C=S) groups is 1. The molecular weight excluding hydrogens is 520 g/mol. The predicted molar refractivity (Wildman–Crippen MR) is 154 cm³/mol. The van der Waals surface area contributed by atoms with E-state index in [2.05, 4.69) is 4.90 Å². The van der Waals surface area contributed by atoms with E-state index in [9.17, 15) is 19.6 Å². The van der Waals surface area contributed by atoms with Crippen LogP contribution in [0.3, 0.4) is 0 Å². The number of hydrogen-bond acceptors (Lipinski definition) is 7. The third-order valence-corrected chi connectivity index (χ3v) is 8.49. The summed E-state index contributed by atoms with van der Waals surface area (Å²) < 4.78 is 4.95. The number of benzene rings is 1. The molecule has 5 rings (SSSR count). The highest BCUT2D eigenvalue weighted by Crippen LogP contribution is 2.38. The third kappa shape index (κ3) is 3.92. The van der Waals surface area contributed by atoms with Crippen LogP contribution in [0.1, 0.15) is 35.2 Å². The fraction of sp³-hybridized carbons (Fsp3) is 0.296. The number of pyridine rings is 1. The van der Waals surface area contributed by atoms with Crippen molar-refractivity contribution in [3.8, 4) is 11.8 Å². The highest BCUT2D eigenvalue weighted by molar-refractivity contribution is 8.27. The summed E-state index contributed by atoms with van der Waals surface area (Å²) in [5, 5.41) is 9.70. The van der Waals surface area contributed by atoms with Gasteiger partial charge in [0, 0.05) is 32.7 Å². The van der Waals surface area contributed by atoms with Crippen LogP contribution < -0.4 is 20.9 Å². The Morgan fingerprint density at radius 1 is 1.03 bits per heavy atom. The van der Waals surface area contributed by atoms with Gasteiger partial charge in [-0.3, -0.25) is 28.5 Å². The van der Waals surface area contributed by atoms with Gasteiger partial charge in [0.1, 0.15) is 23.1 Å². The van der Waals surface area contributed by atoms with Crippen molar-refractivity contribution in [3.05, 3.63) is 78.3 Å². The van der Waals surface area contributed by atoms with Crippen molar-refractivity contribution in [3.63, 3.8) is 0 Å². The SMILES string of the molecule is Cc1c(C=C2SC(=S)N(c3c(C)n(C)n(-c4ccccc4)c3=O)C2=O)c(N2CCCC2)n(C)c(=O)c1C#N. The quantitative estimate of drug-likeness (QED) is 0.366. The van der Waals surface area contributed by atoms with Crippen molar-refractivity contribution >= 4 is 51.8 Å². The van der Waals surface area contributed by atoms with Gasteiger partial charge in [-0.15, -0.1) is 0 Å². The van der Waals surface area contributed by atoms with Gasteiger partial charge >= 0.3 is 0 Å². The summed E-state index contributed by atoms with van der Waals surface area (Å²) in [6, 6.07) is 11.2. The van der Waals surface area contributed by atoms with Gasteiger partial charge in [0.15, 0.2) is 4.32 Å². The molecule has 2 aromatic heterocycles. The van der Waals surface area contributed by atoms with E-state index >= 15 is 0 Å². The minimum absolute atomic E-state index is 0.0434. The number of rotatable bonds is 4. The molecule has 3 aromatic rings. The molecule has 38 heavy (non-hydrogen) atoms. The normalized spacial score (nSPS) is 16.7. The minimum Gasteiger partial charge on any atom is -0.357 e. The van der Waals surface area contributed by atoms with E-state index in [-0.39, 0.29) is 26.7 Å². The van der Waals surface area contributed by atoms with E-state index in [0.29, 0.717) is 33.2 Å². The zero-order chi connectivity index (χ0) is 27.3. The average molecular weight is 547 g/mol. The molecule has 194 valence electrons. The van der Waals surface area contributed by atoms with E-state index in [0.717, 1.165) is 37.7 Å². The minimum atomic E-state index is -0.412. The smallest absolute Gasteiger partial charge is 0.296 e. The van der Waals surface area contributed by atoms with Crippen LogP contribution in [-0.4, -0.2) is 37.2 Å². The Labute approximate surface area is 229 Å². The highest BCUT2D eigenvalue weighted by Gasteiger charge is 2.38. The lowest BCUT2D eigenvalue weighted by Crippen LogP contribution is -2.33. The lowest BCUT2D eigenvalue weighted by atomic mass is 10.0. The average Bonchev–Trinajstić information content (AvgIpc) is 3.58. The largest absolute Gasteiger partial charge is 0.357 e. The second kappa shape index (κ2) is 9.78. The Bertz CT molecular complexity index is 1680.